The lowest BCUT2D eigenvalue weighted by Crippen LogP contribution is -2.46. The Labute approximate surface area is 107 Å². The quantitative estimate of drug-likeness (QED) is 0.831. The van der Waals surface area contributed by atoms with Gasteiger partial charge in [0.2, 0.25) is 0 Å². The Kier molecular flexibility index (Phi) is 4.45. The lowest BCUT2D eigenvalue weighted by molar-refractivity contribution is -0.148. The average Bonchev–Trinajstić information content (AvgIpc) is 2.30. The molecule has 17 heavy (non-hydrogen) atoms. The van der Waals surface area contributed by atoms with Crippen LogP contribution in [-0.4, -0.2) is 46.6 Å². The van der Waals surface area contributed by atoms with E-state index in [0.29, 0.717) is 6.54 Å². The van der Waals surface area contributed by atoms with Crippen molar-refractivity contribution in [3.8, 4) is 6.07 Å². The zero-order valence-electron chi connectivity index (χ0n) is 10.7. The molecule has 0 amide bonds. The molecule has 1 heterocycles. The van der Waals surface area contributed by atoms with Crippen molar-refractivity contribution in [1.29, 1.82) is 5.26 Å². The molecule has 5 heteroatoms. The maximum Gasteiger partial charge on any atom is 0.310 e. The number of piperidine rings is 1. The fourth-order valence-electron chi connectivity index (χ4n) is 2.06. The summed E-state index contributed by atoms with van der Waals surface area (Å²) in [6, 6.07) is 2.39. The summed E-state index contributed by atoms with van der Waals surface area (Å²) in [7, 11) is 0. The summed E-state index contributed by atoms with van der Waals surface area (Å²) in [5.41, 5.74) is -0.716. The van der Waals surface area contributed by atoms with E-state index in [4.69, 9.17) is 10.4 Å². The van der Waals surface area contributed by atoms with Crippen LogP contribution in [0.15, 0.2) is 0 Å². The van der Waals surface area contributed by atoms with E-state index < -0.39 is 11.4 Å². The number of likely N-dealkylation sites (tertiary alicyclic amines) is 1. The Balaban J connectivity index is 2.54. The molecule has 0 unspecified atom stereocenters. The van der Waals surface area contributed by atoms with Gasteiger partial charge in [0.15, 0.2) is 0 Å². The molecule has 4 nitrogen and oxygen atoms in total. The Morgan fingerprint density at radius 2 is 2.06 bits per heavy atom. The van der Waals surface area contributed by atoms with Gasteiger partial charge in [0.25, 0.3) is 0 Å². The summed E-state index contributed by atoms with van der Waals surface area (Å²) in [4.78, 5) is 13.2. The fraction of sp³-hybridized carbons (Fsp3) is 0.833. The number of hydrogen-bond donors (Lipinski definition) is 1. The predicted octanol–water partition coefficient (Wildman–Crippen LogP) is 1.82. The molecule has 0 aromatic heterocycles. The SMILES string of the molecule is CSC1(C#N)CCN(CC(C)(C)C(=O)O)CC1. The third kappa shape index (κ3) is 3.36. The molecule has 1 aliphatic rings. The lowest BCUT2D eigenvalue weighted by Gasteiger charge is -2.38. The number of rotatable bonds is 4. The highest BCUT2D eigenvalue weighted by atomic mass is 32.2. The standard InChI is InChI=1S/C12H20N2O2S/c1-11(2,10(15)16)9-14-6-4-12(8-13,17-3)5-7-14/h4-7,9H2,1-3H3,(H,15,16). The van der Waals surface area contributed by atoms with Gasteiger partial charge in [0.05, 0.1) is 11.5 Å². The Morgan fingerprint density at radius 1 is 1.53 bits per heavy atom. The van der Waals surface area contributed by atoms with Crippen LogP contribution < -0.4 is 0 Å². The van der Waals surface area contributed by atoms with Gasteiger partial charge in [-0.2, -0.15) is 5.26 Å². The molecule has 0 spiro atoms. The highest BCUT2D eigenvalue weighted by molar-refractivity contribution is 8.00. The highest BCUT2D eigenvalue weighted by Gasteiger charge is 2.37. The minimum Gasteiger partial charge on any atom is -0.481 e. The van der Waals surface area contributed by atoms with Crippen molar-refractivity contribution >= 4 is 17.7 Å². The summed E-state index contributed by atoms with van der Waals surface area (Å²) < 4.78 is -0.260. The second-order valence-corrected chi connectivity index (χ2v) is 6.47. The molecule has 0 saturated carbocycles. The monoisotopic (exact) mass is 256 g/mol. The summed E-state index contributed by atoms with van der Waals surface area (Å²) in [5, 5.41) is 18.2. The van der Waals surface area contributed by atoms with Gasteiger partial charge in [-0.25, -0.2) is 0 Å². The molecule has 1 saturated heterocycles. The minimum atomic E-state index is -0.764. The lowest BCUT2D eigenvalue weighted by atomic mass is 9.90. The van der Waals surface area contributed by atoms with Crippen molar-refractivity contribution in [3.05, 3.63) is 0 Å². The van der Waals surface area contributed by atoms with E-state index in [1.54, 1.807) is 25.6 Å². The van der Waals surface area contributed by atoms with E-state index in [-0.39, 0.29) is 4.75 Å². The first-order valence-corrected chi connectivity index (χ1v) is 7.00. The molecule has 0 atom stereocenters. The first kappa shape index (κ1) is 14.3. The minimum absolute atomic E-state index is 0.260. The van der Waals surface area contributed by atoms with Gasteiger partial charge in [0.1, 0.15) is 4.75 Å². The van der Waals surface area contributed by atoms with Crippen LogP contribution in [0, 0.1) is 16.7 Å². The van der Waals surface area contributed by atoms with Crippen LogP contribution in [0.5, 0.6) is 0 Å². The van der Waals surface area contributed by atoms with Crippen LogP contribution in [0.25, 0.3) is 0 Å². The van der Waals surface area contributed by atoms with Gasteiger partial charge in [-0.15, -0.1) is 11.8 Å². The molecule has 1 rings (SSSR count). The van der Waals surface area contributed by atoms with Gasteiger partial charge < -0.3 is 10.0 Å². The average molecular weight is 256 g/mol. The molecular weight excluding hydrogens is 236 g/mol. The summed E-state index contributed by atoms with van der Waals surface area (Å²) in [5.74, 6) is -0.764. The maximum atomic E-state index is 11.1. The van der Waals surface area contributed by atoms with Crippen molar-refractivity contribution in [3.63, 3.8) is 0 Å². The zero-order chi connectivity index (χ0) is 13.1. The van der Waals surface area contributed by atoms with Gasteiger partial charge in [-0.05, 0) is 32.9 Å². The van der Waals surface area contributed by atoms with Gasteiger partial charge in [-0.3, -0.25) is 4.79 Å². The number of nitriles is 1. The molecule has 0 radical (unpaired) electrons. The van der Waals surface area contributed by atoms with Crippen molar-refractivity contribution in [2.24, 2.45) is 5.41 Å². The van der Waals surface area contributed by atoms with Crippen molar-refractivity contribution < 1.29 is 9.90 Å². The third-order valence-electron chi connectivity index (χ3n) is 3.46. The topological polar surface area (TPSA) is 64.3 Å². The number of carboxylic acid groups (broad SMARTS) is 1. The first-order valence-electron chi connectivity index (χ1n) is 5.77. The van der Waals surface area contributed by atoms with Crippen molar-refractivity contribution in [2.75, 3.05) is 25.9 Å². The van der Waals surface area contributed by atoms with E-state index >= 15 is 0 Å². The molecule has 0 aromatic carbocycles. The highest BCUT2D eigenvalue weighted by Crippen LogP contribution is 2.34. The summed E-state index contributed by atoms with van der Waals surface area (Å²) in [6.07, 6.45) is 3.61. The number of nitrogens with zero attached hydrogens (tertiary/aromatic N) is 2. The van der Waals surface area contributed by atoms with Crippen molar-refractivity contribution in [1.82, 2.24) is 4.90 Å². The Morgan fingerprint density at radius 3 is 2.41 bits per heavy atom. The van der Waals surface area contributed by atoms with Gasteiger partial charge in [0, 0.05) is 19.6 Å². The predicted molar refractivity (Wildman–Crippen MR) is 68.9 cm³/mol. The number of thioether (sulfide) groups is 1. The van der Waals surface area contributed by atoms with E-state index in [9.17, 15) is 4.79 Å². The van der Waals surface area contributed by atoms with Gasteiger partial charge >= 0.3 is 5.97 Å². The normalized spacial score (nSPS) is 20.8. The fourth-order valence-corrected chi connectivity index (χ4v) is 2.74. The Hall–Kier alpha value is -0.730. The first-order chi connectivity index (χ1) is 7.85. The van der Waals surface area contributed by atoms with Crippen molar-refractivity contribution in [2.45, 2.75) is 31.4 Å². The summed E-state index contributed by atoms with van der Waals surface area (Å²) >= 11 is 1.62. The van der Waals surface area contributed by atoms with E-state index in [0.717, 1.165) is 25.9 Å². The second-order valence-electron chi connectivity index (χ2n) is 5.28. The molecule has 96 valence electrons. The van der Waals surface area contributed by atoms with Crippen LogP contribution in [0.1, 0.15) is 26.7 Å². The number of hydrogen-bond acceptors (Lipinski definition) is 4. The molecular formula is C12H20N2O2S. The molecule has 1 N–H and O–H groups in total. The van der Waals surface area contributed by atoms with Gasteiger partial charge in [-0.1, -0.05) is 0 Å². The van der Waals surface area contributed by atoms with E-state index in [2.05, 4.69) is 11.0 Å². The van der Waals surface area contributed by atoms with E-state index in [1.165, 1.54) is 0 Å². The van der Waals surface area contributed by atoms with Crippen LogP contribution in [0.3, 0.4) is 0 Å². The van der Waals surface area contributed by atoms with Crippen LogP contribution in [0.2, 0.25) is 0 Å². The zero-order valence-corrected chi connectivity index (χ0v) is 11.5. The molecule has 1 aliphatic heterocycles. The number of carbonyl (C=O) groups is 1. The van der Waals surface area contributed by atoms with E-state index in [1.807, 2.05) is 6.26 Å². The molecule has 0 bridgehead atoms. The molecule has 0 aliphatic carbocycles. The van der Waals surface area contributed by atoms with Crippen LogP contribution in [0.4, 0.5) is 0 Å². The smallest absolute Gasteiger partial charge is 0.310 e. The third-order valence-corrected chi connectivity index (χ3v) is 4.74. The van der Waals surface area contributed by atoms with Crippen LogP contribution in [-0.2, 0) is 4.79 Å². The second kappa shape index (κ2) is 5.28. The largest absolute Gasteiger partial charge is 0.481 e. The number of aliphatic carboxylic acids is 1. The summed E-state index contributed by atoms with van der Waals surface area (Å²) in [6.45, 7) is 5.67. The number of carboxylic acids is 1. The maximum absolute atomic E-state index is 11.1. The molecule has 1 fully saturated rings. The van der Waals surface area contributed by atoms with Crippen LogP contribution >= 0.6 is 11.8 Å². The Bertz CT molecular complexity index is 328. The molecule has 0 aromatic rings.